The summed E-state index contributed by atoms with van der Waals surface area (Å²) in [6.45, 7) is 3.60. The summed E-state index contributed by atoms with van der Waals surface area (Å²) < 4.78 is 0. The van der Waals surface area contributed by atoms with E-state index in [0.29, 0.717) is 12.5 Å². The maximum Gasteiger partial charge on any atom is 0.228 e. The van der Waals surface area contributed by atoms with E-state index in [-0.39, 0.29) is 5.41 Å². The predicted molar refractivity (Wildman–Crippen MR) is 62.5 cm³/mol. The quantitative estimate of drug-likeness (QED) is 0.755. The Kier molecular flexibility index (Phi) is 4.58. The van der Waals surface area contributed by atoms with E-state index in [1.165, 1.54) is 12.8 Å². The molecule has 3 nitrogen and oxygen atoms in total. The van der Waals surface area contributed by atoms with E-state index in [9.17, 15) is 4.79 Å². The van der Waals surface area contributed by atoms with Crippen LogP contribution in [0.4, 0.5) is 0 Å². The van der Waals surface area contributed by atoms with Crippen molar-refractivity contribution < 1.29 is 4.79 Å². The first-order valence-electron chi connectivity index (χ1n) is 6.12. The summed E-state index contributed by atoms with van der Waals surface area (Å²) in [6.07, 6.45) is 6.47. The zero-order chi connectivity index (χ0) is 11.3. The van der Waals surface area contributed by atoms with Gasteiger partial charge in [0.25, 0.3) is 0 Å². The molecule has 3 heteroatoms. The minimum absolute atomic E-state index is 0.0383. The Morgan fingerprint density at radius 3 is 2.47 bits per heavy atom. The molecule has 0 unspecified atom stereocenters. The summed E-state index contributed by atoms with van der Waals surface area (Å²) in [7, 11) is 1.91. The normalized spacial score (nSPS) is 19.1. The molecule has 88 valence electrons. The second kappa shape index (κ2) is 5.50. The third-order valence-electron chi connectivity index (χ3n) is 3.74. The highest BCUT2D eigenvalue weighted by Crippen LogP contribution is 2.42. The van der Waals surface area contributed by atoms with Crippen LogP contribution in [0.25, 0.3) is 0 Å². The Labute approximate surface area is 93.0 Å². The van der Waals surface area contributed by atoms with Gasteiger partial charge in [-0.15, -0.1) is 0 Å². The maximum atomic E-state index is 12.3. The van der Waals surface area contributed by atoms with Crippen LogP contribution < -0.4 is 5.73 Å². The van der Waals surface area contributed by atoms with Crippen molar-refractivity contribution in [2.75, 3.05) is 20.1 Å². The van der Waals surface area contributed by atoms with Crippen molar-refractivity contribution in [3.8, 4) is 0 Å². The largest absolute Gasteiger partial charge is 0.345 e. The number of hydrogen-bond donors (Lipinski definition) is 1. The van der Waals surface area contributed by atoms with Gasteiger partial charge in [0.05, 0.1) is 0 Å². The van der Waals surface area contributed by atoms with Gasteiger partial charge in [-0.25, -0.2) is 0 Å². The Morgan fingerprint density at radius 1 is 1.40 bits per heavy atom. The van der Waals surface area contributed by atoms with E-state index in [1.54, 1.807) is 0 Å². The number of rotatable bonds is 5. The second-order valence-corrected chi connectivity index (χ2v) is 4.71. The van der Waals surface area contributed by atoms with Crippen LogP contribution in [-0.2, 0) is 4.79 Å². The number of carbonyl (C=O) groups is 1. The van der Waals surface area contributed by atoms with Crippen molar-refractivity contribution in [3.63, 3.8) is 0 Å². The fraction of sp³-hybridized carbons (Fsp3) is 0.917. The van der Waals surface area contributed by atoms with Gasteiger partial charge < -0.3 is 10.6 Å². The lowest BCUT2D eigenvalue weighted by atomic mass is 9.82. The summed E-state index contributed by atoms with van der Waals surface area (Å²) in [5, 5.41) is 0. The van der Waals surface area contributed by atoms with Crippen LogP contribution >= 0.6 is 0 Å². The first kappa shape index (κ1) is 12.5. The van der Waals surface area contributed by atoms with Crippen LogP contribution in [0.2, 0.25) is 0 Å². The van der Waals surface area contributed by atoms with Gasteiger partial charge in [0.15, 0.2) is 0 Å². The highest BCUT2D eigenvalue weighted by molar-refractivity contribution is 5.82. The van der Waals surface area contributed by atoms with Gasteiger partial charge in [0.2, 0.25) is 5.91 Å². The van der Waals surface area contributed by atoms with Crippen LogP contribution in [0.3, 0.4) is 0 Å². The number of hydrogen-bond acceptors (Lipinski definition) is 2. The minimum Gasteiger partial charge on any atom is -0.345 e. The molecule has 0 aromatic rings. The Hall–Kier alpha value is -0.570. The first-order chi connectivity index (χ1) is 7.16. The molecule has 1 aliphatic carbocycles. The Balaban J connectivity index is 2.56. The molecule has 0 saturated heterocycles. The SMILES string of the molecule is CCC1(C(=O)N(C)CCCN)CCCC1. The summed E-state index contributed by atoms with van der Waals surface area (Å²) in [6, 6.07) is 0. The summed E-state index contributed by atoms with van der Waals surface area (Å²) in [4.78, 5) is 14.2. The molecule has 0 spiro atoms. The Morgan fingerprint density at radius 2 is 2.00 bits per heavy atom. The van der Waals surface area contributed by atoms with Crippen LogP contribution in [0.5, 0.6) is 0 Å². The van der Waals surface area contributed by atoms with Crippen molar-refractivity contribution in [3.05, 3.63) is 0 Å². The van der Waals surface area contributed by atoms with Gasteiger partial charge in [-0.3, -0.25) is 4.79 Å². The predicted octanol–water partition coefficient (Wildman–Crippen LogP) is 1.76. The van der Waals surface area contributed by atoms with Gasteiger partial charge in [-0.05, 0) is 32.2 Å². The molecule has 0 bridgehead atoms. The zero-order valence-electron chi connectivity index (χ0n) is 10.1. The van der Waals surface area contributed by atoms with E-state index in [4.69, 9.17) is 5.73 Å². The number of nitrogens with two attached hydrogens (primary N) is 1. The van der Waals surface area contributed by atoms with Crippen LogP contribution in [0.1, 0.15) is 45.4 Å². The minimum atomic E-state index is -0.0383. The van der Waals surface area contributed by atoms with Gasteiger partial charge >= 0.3 is 0 Å². The highest BCUT2D eigenvalue weighted by Gasteiger charge is 2.40. The molecular formula is C12H24N2O. The summed E-state index contributed by atoms with van der Waals surface area (Å²) in [5.74, 6) is 0.343. The molecule has 1 saturated carbocycles. The highest BCUT2D eigenvalue weighted by atomic mass is 16.2. The van der Waals surface area contributed by atoms with E-state index >= 15 is 0 Å². The van der Waals surface area contributed by atoms with Gasteiger partial charge in [0.1, 0.15) is 0 Å². The second-order valence-electron chi connectivity index (χ2n) is 4.71. The number of nitrogens with zero attached hydrogens (tertiary/aromatic N) is 1. The molecule has 1 fully saturated rings. The lowest BCUT2D eigenvalue weighted by Gasteiger charge is -2.31. The first-order valence-corrected chi connectivity index (χ1v) is 6.12. The van der Waals surface area contributed by atoms with Crippen LogP contribution in [-0.4, -0.2) is 30.9 Å². The van der Waals surface area contributed by atoms with Gasteiger partial charge in [0, 0.05) is 19.0 Å². The molecule has 15 heavy (non-hydrogen) atoms. The van der Waals surface area contributed by atoms with Crippen molar-refractivity contribution in [2.45, 2.75) is 45.4 Å². The fourth-order valence-corrected chi connectivity index (χ4v) is 2.61. The average Bonchev–Trinajstić information content (AvgIpc) is 2.74. The lowest BCUT2D eigenvalue weighted by molar-refractivity contribution is -0.140. The topological polar surface area (TPSA) is 46.3 Å². The molecule has 0 aromatic heterocycles. The van der Waals surface area contributed by atoms with Gasteiger partial charge in [-0.1, -0.05) is 19.8 Å². The third kappa shape index (κ3) is 2.71. The number of amides is 1. The molecule has 0 aromatic carbocycles. The van der Waals surface area contributed by atoms with E-state index in [2.05, 4.69) is 6.92 Å². The molecule has 0 atom stereocenters. The van der Waals surface area contributed by atoms with E-state index in [1.807, 2.05) is 11.9 Å². The van der Waals surface area contributed by atoms with Gasteiger partial charge in [-0.2, -0.15) is 0 Å². The summed E-state index contributed by atoms with van der Waals surface area (Å²) in [5.41, 5.74) is 5.42. The summed E-state index contributed by atoms with van der Waals surface area (Å²) >= 11 is 0. The molecule has 0 aliphatic heterocycles. The molecule has 2 N–H and O–H groups in total. The average molecular weight is 212 g/mol. The van der Waals surface area contributed by atoms with Crippen LogP contribution in [0, 0.1) is 5.41 Å². The smallest absolute Gasteiger partial charge is 0.228 e. The van der Waals surface area contributed by atoms with Crippen molar-refractivity contribution in [2.24, 2.45) is 11.1 Å². The van der Waals surface area contributed by atoms with Crippen molar-refractivity contribution in [1.29, 1.82) is 0 Å². The van der Waals surface area contributed by atoms with E-state index in [0.717, 1.165) is 32.2 Å². The molecular weight excluding hydrogens is 188 g/mol. The monoisotopic (exact) mass is 212 g/mol. The Bertz CT molecular complexity index is 210. The lowest BCUT2D eigenvalue weighted by Crippen LogP contribution is -2.41. The standard InChI is InChI=1S/C12H24N2O/c1-3-12(7-4-5-8-12)11(15)14(2)10-6-9-13/h3-10,13H2,1-2H3. The zero-order valence-corrected chi connectivity index (χ0v) is 10.1. The molecule has 0 radical (unpaired) electrons. The van der Waals surface area contributed by atoms with E-state index < -0.39 is 0 Å². The van der Waals surface area contributed by atoms with Crippen molar-refractivity contribution >= 4 is 5.91 Å². The molecule has 1 amide bonds. The molecule has 0 heterocycles. The number of carbonyl (C=O) groups excluding carboxylic acids is 1. The fourth-order valence-electron chi connectivity index (χ4n) is 2.61. The van der Waals surface area contributed by atoms with Crippen molar-refractivity contribution in [1.82, 2.24) is 4.90 Å². The molecule has 1 rings (SSSR count). The molecule has 1 aliphatic rings. The maximum absolute atomic E-state index is 12.3. The van der Waals surface area contributed by atoms with Crippen LogP contribution in [0.15, 0.2) is 0 Å². The third-order valence-corrected chi connectivity index (χ3v) is 3.74.